The summed E-state index contributed by atoms with van der Waals surface area (Å²) in [7, 11) is 0. The summed E-state index contributed by atoms with van der Waals surface area (Å²) in [6, 6.07) is 18.4. The second-order valence-electron chi connectivity index (χ2n) is 6.57. The van der Waals surface area contributed by atoms with Crippen molar-refractivity contribution in [3.05, 3.63) is 64.6 Å². The monoisotopic (exact) mass is 407 g/mol. The van der Waals surface area contributed by atoms with Gasteiger partial charge in [-0.05, 0) is 59.5 Å². The zero-order valence-corrected chi connectivity index (χ0v) is 15.8. The minimum Gasteiger partial charge on any atom is -0.454 e. The summed E-state index contributed by atoms with van der Waals surface area (Å²) in [6.07, 6.45) is 3.30. The Morgan fingerprint density at radius 2 is 1.88 bits per heavy atom. The molecule has 0 aliphatic carbocycles. The van der Waals surface area contributed by atoms with Crippen molar-refractivity contribution in [2.24, 2.45) is 0 Å². The number of para-hydroxylation sites is 2. The standard InChI is InChI=1S/C21H18BrN3O/c22-16-9-2-3-10-17(16)25-21-15(8-5-6-12-23-21)20(24-25)19-13-14-7-1-4-11-18(14)26-19/h1-4,7,9-11,13,23H,5-6,8,12H2. The molecule has 0 saturated heterocycles. The van der Waals surface area contributed by atoms with Crippen molar-refractivity contribution in [2.75, 3.05) is 11.9 Å². The van der Waals surface area contributed by atoms with Crippen LogP contribution in [-0.4, -0.2) is 16.3 Å². The molecule has 1 aliphatic rings. The lowest BCUT2D eigenvalue weighted by molar-refractivity contribution is 0.625. The highest BCUT2D eigenvalue weighted by Crippen LogP contribution is 2.37. The van der Waals surface area contributed by atoms with Gasteiger partial charge in [0.2, 0.25) is 0 Å². The summed E-state index contributed by atoms with van der Waals surface area (Å²) in [5.41, 5.74) is 4.09. The third-order valence-electron chi connectivity index (χ3n) is 4.87. The Balaban J connectivity index is 1.74. The van der Waals surface area contributed by atoms with Gasteiger partial charge in [-0.1, -0.05) is 30.3 Å². The Bertz CT molecular complexity index is 1060. The maximum absolute atomic E-state index is 6.13. The van der Waals surface area contributed by atoms with Crippen LogP contribution in [0.3, 0.4) is 0 Å². The molecule has 0 amide bonds. The van der Waals surface area contributed by atoms with Crippen LogP contribution < -0.4 is 5.32 Å². The topological polar surface area (TPSA) is 43.0 Å². The molecule has 5 heteroatoms. The molecule has 1 aliphatic heterocycles. The number of furan rings is 1. The number of nitrogens with one attached hydrogen (secondary N) is 1. The Kier molecular flexibility index (Phi) is 3.82. The lowest BCUT2D eigenvalue weighted by atomic mass is 10.1. The van der Waals surface area contributed by atoms with Crippen molar-refractivity contribution in [1.82, 2.24) is 9.78 Å². The fourth-order valence-electron chi connectivity index (χ4n) is 3.60. The SMILES string of the molecule is Brc1ccccc1-n1nc(-c2cc3ccccc3o2)c2c1NCCCC2. The van der Waals surface area contributed by atoms with E-state index in [0.717, 1.165) is 64.2 Å². The predicted molar refractivity (Wildman–Crippen MR) is 108 cm³/mol. The highest BCUT2D eigenvalue weighted by atomic mass is 79.9. The van der Waals surface area contributed by atoms with E-state index in [1.54, 1.807) is 0 Å². The molecule has 3 heterocycles. The van der Waals surface area contributed by atoms with Crippen molar-refractivity contribution in [3.63, 3.8) is 0 Å². The van der Waals surface area contributed by atoms with Crippen LogP contribution in [0.25, 0.3) is 28.1 Å². The number of anilines is 1. The fraction of sp³-hybridized carbons (Fsp3) is 0.190. The normalized spacial score (nSPS) is 14.0. The van der Waals surface area contributed by atoms with Crippen molar-refractivity contribution in [3.8, 4) is 17.1 Å². The van der Waals surface area contributed by atoms with Gasteiger partial charge in [0.15, 0.2) is 5.76 Å². The molecule has 26 heavy (non-hydrogen) atoms. The maximum atomic E-state index is 6.13. The molecule has 0 bridgehead atoms. The molecule has 2 aromatic carbocycles. The number of aromatic nitrogens is 2. The molecule has 1 N–H and O–H groups in total. The number of rotatable bonds is 2. The average Bonchev–Trinajstić information content (AvgIpc) is 3.15. The first kappa shape index (κ1) is 15.7. The summed E-state index contributed by atoms with van der Waals surface area (Å²) < 4.78 is 9.15. The Labute approximate surface area is 160 Å². The maximum Gasteiger partial charge on any atom is 0.156 e. The molecule has 130 valence electrons. The van der Waals surface area contributed by atoms with E-state index in [1.807, 2.05) is 41.1 Å². The van der Waals surface area contributed by atoms with E-state index in [2.05, 4.69) is 39.4 Å². The van der Waals surface area contributed by atoms with Gasteiger partial charge < -0.3 is 9.73 Å². The first-order valence-corrected chi connectivity index (χ1v) is 9.70. The minimum absolute atomic E-state index is 0.831. The molecule has 4 nitrogen and oxygen atoms in total. The van der Waals surface area contributed by atoms with Gasteiger partial charge in [-0.25, -0.2) is 4.68 Å². The quantitative estimate of drug-likeness (QED) is 0.456. The average molecular weight is 408 g/mol. The molecule has 4 aromatic rings. The molecule has 5 rings (SSSR count). The highest BCUT2D eigenvalue weighted by Gasteiger charge is 2.24. The van der Waals surface area contributed by atoms with Gasteiger partial charge in [-0.3, -0.25) is 0 Å². The fourth-order valence-corrected chi connectivity index (χ4v) is 4.05. The van der Waals surface area contributed by atoms with E-state index in [0.29, 0.717) is 0 Å². The van der Waals surface area contributed by atoms with Crippen LogP contribution >= 0.6 is 15.9 Å². The number of hydrogen-bond acceptors (Lipinski definition) is 3. The molecule has 0 unspecified atom stereocenters. The number of fused-ring (bicyclic) bond motifs is 2. The summed E-state index contributed by atoms with van der Waals surface area (Å²) in [6.45, 7) is 0.961. The third kappa shape index (κ3) is 2.54. The second kappa shape index (κ2) is 6.32. The largest absolute Gasteiger partial charge is 0.454 e. The molecule has 0 atom stereocenters. The molecule has 0 fully saturated rings. The summed E-state index contributed by atoms with van der Waals surface area (Å²) >= 11 is 3.66. The lowest BCUT2D eigenvalue weighted by Crippen LogP contribution is -2.07. The molecular weight excluding hydrogens is 390 g/mol. The minimum atomic E-state index is 0.831. The Morgan fingerprint density at radius 1 is 1.04 bits per heavy atom. The van der Waals surface area contributed by atoms with Crippen LogP contribution in [0, 0.1) is 0 Å². The van der Waals surface area contributed by atoms with Crippen LogP contribution in [0.1, 0.15) is 18.4 Å². The van der Waals surface area contributed by atoms with Gasteiger partial charge >= 0.3 is 0 Å². The van der Waals surface area contributed by atoms with Crippen molar-refractivity contribution in [1.29, 1.82) is 0 Å². The van der Waals surface area contributed by atoms with Gasteiger partial charge in [-0.15, -0.1) is 0 Å². The van der Waals surface area contributed by atoms with Gasteiger partial charge in [0.1, 0.15) is 17.1 Å². The van der Waals surface area contributed by atoms with Crippen LogP contribution in [0.2, 0.25) is 0 Å². The van der Waals surface area contributed by atoms with E-state index in [9.17, 15) is 0 Å². The van der Waals surface area contributed by atoms with Gasteiger partial charge in [0.05, 0.1) is 5.69 Å². The number of halogens is 1. The molecule has 0 radical (unpaired) electrons. The van der Waals surface area contributed by atoms with Crippen LogP contribution in [0.15, 0.2) is 63.5 Å². The van der Waals surface area contributed by atoms with Gasteiger partial charge in [-0.2, -0.15) is 5.10 Å². The number of nitrogens with zero attached hydrogens (tertiary/aromatic N) is 2. The lowest BCUT2D eigenvalue weighted by Gasteiger charge is -2.10. The highest BCUT2D eigenvalue weighted by molar-refractivity contribution is 9.10. The van der Waals surface area contributed by atoms with E-state index in [-0.39, 0.29) is 0 Å². The molecule has 0 spiro atoms. The predicted octanol–water partition coefficient (Wildman–Crippen LogP) is 5.80. The summed E-state index contributed by atoms with van der Waals surface area (Å²) in [4.78, 5) is 0. The van der Waals surface area contributed by atoms with Crippen LogP contribution in [0.5, 0.6) is 0 Å². The Morgan fingerprint density at radius 3 is 2.77 bits per heavy atom. The molecule has 0 saturated carbocycles. The first-order chi connectivity index (χ1) is 12.8. The van der Waals surface area contributed by atoms with E-state index in [1.165, 1.54) is 5.56 Å². The molecular formula is C21H18BrN3O. The van der Waals surface area contributed by atoms with Crippen molar-refractivity contribution in [2.45, 2.75) is 19.3 Å². The van der Waals surface area contributed by atoms with Crippen LogP contribution in [0.4, 0.5) is 5.82 Å². The van der Waals surface area contributed by atoms with E-state index in [4.69, 9.17) is 9.52 Å². The first-order valence-electron chi connectivity index (χ1n) is 8.91. The van der Waals surface area contributed by atoms with Crippen molar-refractivity contribution < 1.29 is 4.42 Å². The van der Waals surface area contributed by atoms with Gasteiger partial charge in [0.25, 0.3) is 0 Å². The molecule has 2 aromatic heterocycles. The Hall–Kier alpha value is -2.53. The smallest absolute Gasteiger partial charge is 0.156 e. The zero-order chi connectivity index (χ0) is 17.5. The second-order valence-corrected chi connectivity index (χ2v) is 7.43. The third-order valence-corrected chi connectivity index (χ3v) is 5.54. The van der Waals surface area contributed by atoms with Crippen LogP contribution in [-0.2, 0) is 6.42 Å². The number of benzene rings is 2. The zero-order valence-electron chi connectivity index (χ0n) is 14.2. The van der Waals surface area contributed by atoms with Crippen molar-refractivity contribution >= 4 is 32.7 Å². The summed E-state index contributed by atoms with van der Waals surface area (Å²) in [5.74, 6) is 1.90. The summed E-state index contributed by atoms with van der Waals surface area (Å²) in [5, 5.41) is 9.65. The van der Waals surface area contributed by atoms with E-state index >= 15 is 0 Å². The van der Waals surface area contributed by atoms with Gasteiger partial charge in [0, 0.05) is 22.0 Å². The van der Waals surface area contributed by atoms with E-state index < -0.39 is 0 Å². The number of hydrogen-bond donors (Lipinski definition) is 1.